The summed E-state index contributed by atoms with van der Waals surface area (Å²) in [5, 5.41) is 0.607. The van der Waals surface area contributed by atoms with Gasteiger partial charge in [-0.1, -0.05) is 15.9 Å². The predicted octanol–water partition coefficient (Wildman–Crippen LogP) is 2.56. The van der Waals surface area contributed by atoms with Gasteiger partial charge in [-0.25, -0.2) is 18.7 Å². The van der Waals surface area contributed by atoms with Crippen molar-refractivity contribution in [3.05, 3.63) is 17.5 Å². The molecule has 0 fully saturated rings. The van der Waals surface area contributed by atoms with E-state index in [4.69, 9.17) is 0 Å². The Morgan fingerprint density at radius 3 is 2.31 bits per heavy atom. The normalized spacial score (nSPS) is 10.9. The number of hydrogen-bond acceptors (Lipinski definition) is 3. The lowest BCUT2D eigenvalue weighted by molar-refractivity contribution is 0.154. The Bertz CT molecular complexity index is 327. The minimum atomic E-state index is -2.39. The first-order valence-corrected chi connectivity index (χ1v) is 6.06. The van der Waals surface area contributed by atoms with Crippen molar-refractivity contribution in [1.29, 1.82) is 0 Å². The fourth-order valence-electron chi connectivity index (χ4n) is 1.39. The SMILES string of the molecule is Cc1cc(C)nc(N(CCBr)CC(F)F)n1. The molecule has 0 N–H and O–H groups in total. The summed E-state index contributed by atoms with van der Waals surface area (Å²) in [7, 11) is 0. The Morgan fingerprint density at radius 1 is 1.31 bits per heavy atom. The lowest BCUT2D eigenvalue weighted by Crippen LogP contribution is -2.32. The quantitative estimate of drug-likeness (QED) is 0.782. The van der Waals surface area contributed by atoms with Crippen molar-refractivity contribution in [3.63, 3.8) is 0 Å². The molecule has 0 unspecified atom stereocenters. The van der Waals surface area contributed by atoms with Crippen LogP contribution in [0.4, 0.5) is 14.7 Å². The summed E-state index contributed by atoms with van der Waals surface area (Å²) < 4.78 is 24.8. The summed E-state index contributed by atoms with van der Waals surface area (Å²) in [6.45, 7) is 3.78. The van der Waals surface area contributed by atoms with Gasteiger partial charge in [0.2, 0.25) is 5.95 Å². The molecule has 0 saturated heterocycles. The van der Waals surface area contributed by atoms with Gasteiger partial charge in [-0.05, 0) is 19.9 Å². The molecule has 1 rings (SSSR count). The van der Waals surface area contributed by atoms with E-state index >= 15 is 0 Å². The highest BCUT2D eigenvalue weighted by Gasteiger charge is 2.15. The Balaban J connectivity index is 2.90. The van der Waals surface area contributed by atoms with Gasteiger partial charge in [-0.3, -0.25) is 0 Å². The summed E-state index contributed by atoms with van der Waals surface area (Å²) in [5.74, 6) is 0.372. The number of aryl methyl sites for hydroxylation is 2. The molecule has 0 saturated carbocycles. The van der Waals surface area contributed by atoms with Gasteiger partial charge in [-0.2, -0.15) is 0 Å². The number of halogens is 3. The zero-order valence-corrected chi connectivity index (χ0v) is 10.8. The highest BCUT2D eigenvalue weighted by Crippen LogP contribution is 2.12. The first kappa shape index (κ1) is 13.3. The van der Waals surface area contributed by atoms with E-state index in [1.165, 1.54) is 4.90 Å². The minimum absolute atomic E-state index is 0.339. The van der Waals surface area contributed by atoms with Gasteiger partial charge < -0.3 is 4.90 Å². The van der Waals surface area contributed by atoms with E-state index in [2.05, 4.69) is 25.9 Å². The molecule has 0 aromatic carbocycles. The molecule has 0 spiro atoms. The van der Waals surface area contributed by atoms with E-state index in [0.717, 1.165) is 11.4 Å². The van der Waals surface area contributed by atoms with Crippen LogP contribution in [0.5, 0.6) is 0 Å². The first-order chi connectivity index (χ1) is 7.52. The summed E-state index contributed by atoms with van der Waals surface area (Å²) >= 11 is 3.23. The molecule has 0 aliphatic carbocycles. The van der Waals surface area contributed by atoms with Gasteiger partial charge in [0.15, 0.2) is 0 Å². The van der Waals surface area contributed by atoms with Crippen molar-refractivity contribution in [3.8, 4) is 0 Å². The van der Waals surface area contributed by atoms with E-state index in [-0.39, 0.29) is 6.54 Å². The summed E-state index contributed by atoms with van der Waals surface area (Å²) in [6.07, 6.45) is -2.39. The molecule has 16 heavy (non-hydrogen) atoms. The number of anilines is 1. The molecular weight excluding hydrogens is 280 g/mol. The van der Waals surface area contributed by atoms with Crippen LogP contribution in [-0.4, -0.2) is 34.8 Å². The lowest BCUT2D eigenvalue weighted by Gasteiger charge is -2.21. The van der Waals surface area contributed by atoms with E-state index in [0.29, 0.717) is 17.8 Å². The van der Waals surface area contributed by atoms with Crippen molar-refractivity contribution >= 4 is 21.9 Å². The monoisotopic (exact) mass is 293 g/mol. The second-order valence-electron chi connectivity index (χ2n) is 3.48. The van der Waals surface area contributed by atoms with Crippen LogP contribution >= 0.6 is 15.9 Å². The number of hydrogen-bond donors (Lipinski definition) is 0. The van der Waals surface area contributed by atoms with E-state index in [9.17, 15) is 8.78 Å². The number of rotatable bonds is 5. The molecule has 1 aromatic heterocycles. The second-order valence-corrected chi connectivity index (χ2v) is 4.27. The van der Waals surface area contributed by atoms with Crippen LogP contribution < -0.4 is 4.90 Å². The third kappa shape index (κ3) is 4.00. The topological polar surface area (TPSA) is 29.0 Å². The highest BCUT2D eigenvalue weighted by molar-refractivity contribution is 9.09. The lowest BCUT2D eigenvalue weighted by atomic mass is 10.3. The standard InChI is InChI=1S/C10H14BrF2N3/c1-7-5-8(2)15-10(14-7)16(4-3-11)6-9(12)13/h5,9H,3-4,6H2,1-2H3. The number of alkyl halides is 3. The van der Waals surface area contributed by atoms with Gasteiger partial charge in [0, 0.05) is 23.3 Å². The maximum atomic E-state index is 12.4. The molecule has 1 aromatic rings. The Kier molecular flexibility index (Phi) is 5.05. The molecular formula is C10H14BrF2N3. The Labute approximate surface area is 102 Å². The maximum Gasteiger partial charge on any atom is 0.255 e. The first-order valence-electron chi connectivity index (χ1n) is 4.94. The van der Waals surface area contributed by atoms with Gasteiger partial charge >= 0.3 is 0 Å². The van der Waals surface area contributed by atoms with E-state index in [1.54, 1.807) is 0 Å². The van der Waals surface area contributed by atoms with Crippen molar-refractivity contribution < 1.29 is 8.78 Å². The smallest absolute Gasteiger partial charge is 0.255 e. The van der Waals surface area contributed by atoms with Crippen molar-refractivity contribution in [2.75, 3.05) is 23.3 Å². The molecule has 0 aliphatic rings. The Hall–Kier alpha value is -0.780. The molecule has 0 atom stereocenters. The van der Waals surface area contributed by atoms with Crippen LogP contribution in [0.25, 0.3) is 0 Å². The summed E-state index contributed by atoms with van der Waals surface area (Å²) in [6, 6.07) is 1.82. The van der Waals surface area contributed by atoms with Gasteiger partial charge in [-0.15, -0.1) is 0 Å². The molecule has 1 heterocycles. The van der Waals surface area contributed by atoms with Crippen LogP contribution in [-0.2, 0) is 0 Å². The molecule has 3 nitrogen and oxygen atoms in total. The minimum Gasteiger partial charge on any atom is -0.334 e. The molecule has 0 amide bonds. The van der Waals surface area contributed by atoms with Crippen LogP contribution in [0.1, 0.15) is 11.4 Å². The molecule has 6 heteroatoms. The highest BCUT2D eigenvalue weighted by atomic mass is 79.9. The fourth-order valence-corrected chi connectivity index (χ4v) is 1.82. The number of aromatic nitrogens is 2. The molecule has 0 aliphatic heterocycles. The average molecular weight is 294 g/mol. The zero-order valence-electron chi connectivity index (χ0n) is 9.25. The van der Waals surface area contributed by atoms with Crippen molar-refractivity contribution in [2.24, 2.45) is 0 Å². The average Bonchev–Trinajstić information content (AvgIpc) is 2.14. The van der Waals surface area contributed by atoms with E-state index < -0.39 is 6.43 Å². The Morgan fingerprint density at radius 2 is 1.88 bits per heavy atom. The van der Waals surface area contributed by atoms with Crippen molar-refractivity contribution in [2.45, 2.75) is 20.3 Å². The van der Waals surface area contributed by atoms with Gasteiger partial charge in [0.25, 0.3) is 6.43 Å². The number of nitrogens with zero attached hydrogens (tertiary/aromatic N) is 3. The molecule has 90 valence electrons. The summed E-state index contributed by atoms with van der Waals surface area (Å²) in [4.78, 5) is 9.82. The largest absolute Gasteiger partial charge is 0.334 e. The van der Waals surface area contributed by atoms with Crippen LogP contribution in [0.15, 0.2) is 6.07 Å². The van der Waals surface area contributed by atoms with Gasteiger partial charge in [0.05, 0.1) is 6.54 Å². The van der Waals surface area contributed by atoms with E-state index in [1.807, 2.05) is 19.9 Å². The second kappa shape index (κ2) is 6.08. The predicted molar refractivity (Wildman–Crippen MR) is 63.5 cm³/mol. The summed E-state index contributed by atoms with van der Waals surface area (Å²) in [5.41, 5.74) is 1.58. The van der Waals surface area contributed by atoms with Gasteiger partial charge in [0.1, 0.15) is 0 Å². The van der Waals surface area contributed by atoms with Crippen LogP contribution in [0.3, 0.4) is 0 Å². The zero-order chi connectivity index (χ0) is 12.1. The third-order valence-corrected chi connectivity index (χ3v) is 2.32. The van der Waals surface area contributed by atoms with Crippen LogP contribution in [0, 0.1) is 13.8 Å². The molecule has 0 bridgehead atoms. The van der Waals surface area contributed by atoms with Crippen molar-refractivity contribution in [1.82, 2.24) is 9.97 Å². The van der Waals surface area contributed by atoms with Crippen LogP contribution in [0.2, 0.25) is 0 Å². The fraction of sp³-hybridized carbons (Fsp3) is 0.600. The maximum absolute atomic E-state index is 12.4. The third-order valence-electron chi connectivity index (χ3n) is 1.97. The molecule has 0 radical (unpaired) electrons.